The van der Waals surface area contributed by atoms with Crippen molar-refractivity contribution in [1.82, 2.24) is 4.98 Å². The molecule has 3 aromatic rings. The fraction of sp³-hybridized carbons (Fsp3) is 0.286. The second kappa shape index (κ2) is 6.89. The van der Waals surface area contributed by atoms with Crippen LogP contribution in [0.25, 0.3) is 0 Å². The van der Waals surface area contributed by atoms with Crippen LogP contribution in [0.4, 0.5) is 10.8 Å². The normalized spacial score (nSPS) is 14.9. The molecule has 2 aromatic carbocycles. The summed E-state index contributed by atoms with van der Waals surface area (Å²) < 4.78 is 0. The van der Waals surface area contributed by atoms with Crippen molar-refractivity contribution >= 4 is 22.2 Å². The molecule has 0 amide bonds. The molecule has 1 unspecified atom stereocenters. The zero-order valence-electron chi connectivity index (χ0n) is 14.7. The van der Waals surface area contributed by atoms with Gasteiger partial charge < -0.3 is 10.2 Å². The third-order valence-corrected chi connectivity index (χ3v) is 6.28. The van der Waals surface area contributed by atoms with E-state index in [1.165, 1.54) is 21.6 Å². The van der Waals surface area contributed by atoms with Gasteiger partial charge in [0.2, 0.25) is 0 Å². The van der Waals surface area contributed by atoms with Gasteiger partial charge in [-0.3, -0.25) is 0 Å². The molecular formula is C21H23N3S. The van der Waals surface area contributed by atoms with Gasteiger partial charge in [0.15, 0.2) is 5.13 Å². The van der Waals surface area contributed by atoms with Crippen LogP contribution in [0.2, 0.25) is 0 Å². The van der Waals surface area contributed by atoms with E-state index >= 15 is 0 Å². The largest absolute Gasteiger partial charge is 0.388 e. The molecule has 1 aliphatic rings. The smallest absolute Gasteiger partial charge is 0.185 e. The number of aromatic nitrogens is 1. The molecule has 0 spiro atoms. The van der Waals surface area contributed by atoms with Gasteiger partial charge in [0, 0.05) is 42.8 Å². The molecule has 2 heterocycles. The number of nitrogens with one attached hydrogen (secondary N) is 1. The van der Waals surface area contributed by atoms with Crippen LogP contribution >= 0.6 is 11.3 Å². The average molecular weight is 350 g/mol. The Hall–Kier alpha value is -2.33. The molecule has 1 aromatic heterocycles. The zero-order valence-corrected chi connectivity index (χ0v) is 15.5. The van der Waals surface area contributed by atoms with Gasteiger partial charge in [0.25, 0.3) is 0 Å². The van der Waals surface area contributed by atoms with Crippen molar-refractivity contribution in [2.24, 2.45) is 0 Å². The molecule has 0 aliphatic carbocycles. The van der Waals surface area contributed by atoms with Gasteiger partial charge in [-0.1, -0.05) is 43.3 Å². The summed E-state index contributed by atoms with van der Waals surface area (Å²) in [5.74, 6) is 0.370. The summed E-state index contributed by atoms with van der Waals surface area (Å²) in [6.45, 7) is 4.28. The van der Waals surface area contributed by atoms with E-state index in [9.17, 15) is 0 Å². The van der Waals surface area contributed by atoms with Gasteiger partial charge in [-0.25, -0.2) is 4.98 Å². The molecule has 0 bridgehead atoms. The van der Waals surface area contributed by atoms with Crippen molar-refractivity contribution in [2.75, 3.05) is 23.8 Å². The first-order valence-electron chi connectivity index (χ1n) is 8.80. The van der Waals surface area contributed by atoms with Crippen molar-refractivity contribution in [3.8, 4) is 0 Å². The molecule has 0 saturated carbocycles. The first-order chi connectivity index (χ1) is 12.2. The fourth-order valence-electron chi connectivity index (χ4n) is 3.39. The highest BCUT2D eigenvalue weighted by atomic mass is 32.1. The molecule has 1 aliphatic heterocycles. The Morgan fingerprint density at radius 2 is 1.84 bits per heavy atom. The Bertz CT molecular complexity index is 854. The minimum Gasteiger partial charge on any atom is -0.388 e. The summed E-state index contributed by atoms with van der Waals surface area (Å²) >= 11 is 1.83. The molecule has 0 fully saturated rings. The quantitative estimate of drug-likeness (QED) is 0.726. The summed E-state index contributed by atoms with van der Waals surface area (Å²) in [6, 6.07) is 17.4. The second-order valence-corrected chi connectivity index (χ2v) is 7.62. The lowest BCUT2D eigenvalue weighted by Crippen LogP contribution is -2.30. The van der Waals surface area contributed by atoms with Crippen LogP contribution in [0.15, 0.2) is 54.7 Å². The summed E-state index contributed by atoms with van der Waals surface area (Å²) in [5.41, 5.74) is 5.39. The standard InChI is InChI=1S/C21H23N3S/c1-15(16-7-9-19(22-2)10-8-16)20-13-23-21(25-20)24-12-11-17-5-3-4-6-18(17)14-24/h3-10,13,15,22H,11-12,14H2,1-2H3. The summed E-state index contributed by atoms with van der Waals surface area (Å²) in [6.07, 6.45) is 3.16. The molecule has 3 nitrogen and oxygen atoms in total. The van der Waals surface area contributed by atoms with Gasteiger partial charge in [-0.05, 0) is 35.2 Å². The molecule has 25 heavy (non-hydrogen) atoms. The summed E-state index contributed by atoms with van der Waals surface area (Å²) in [4.78, 5) is 8.46. The third kappa shape index (κ3) is 3.27. The van der Waals surface area contributed by atoms with Gasteiger partial charge in [0.1, 0.15) is 0 Å². The van der Waals surface area contributed by atoms with E-state index in [1.54, 1.807) is 0 Å². The van der Waals surface area contributed by atoms with E-state index in [-0.39, 0.29) is 0 Å². The Morgan fingerprint density at radius 3 is 2.60 bits per heavy atom. The van der Waals surface area contributed by atoms with Crippen molar-refractivity contribution in [3.05, 3.63) is 76.3 Å². The topological polar surface area (TPSA) is 28.2 Å². The molecular weight excluding hydrogens is 326 g/mol. The number of thiazole rings is 1. The molecule has 1 atom stereocenters. The molecule has 4 rings (SSSR count). The average Bonchev–Trinajstić information content (AvgIpc) is 3.17. The predicted octanol–water partition coefficient (Wildman–Crippen LogP) is 4.90. The number of nitrogens with zero attached hydrogens (tertiary/aromatic N) is 2. The number of hydrogen-bond acceptors (Lipinski definition) is 4. The minimum atomic E-state index is 0.370. The van der Waals surface area contributed by atoms with E-state index in [4.69, 9.17) is 4.98 Å². The van der Waals surface area contributed by atoms with Crippen LogP contribution < -0.4 is 10.2 Å². The predicted molar refractivity (Wildman–Crippen MR) is 107 cm³/mol. The number of rotatable bonds is 4. The van der Waals surface area contributed by atoms with Crippen LogP contribution in [-0.2, 0) is 13.0 Å². The zero-order chi connectivity index (χ0) is 17.2. The molecule has 0 radical (unpaired) electrons. The Morgan fingerprint density at radius 1 is 1.08 bits per heavy atom. The van der Waals surface area contributed by atoms with Crippen molar-refractivity contribution in [3.63, 3.8) is 0 Å². The molecule has 4 heteroatoms. The first kappa shape index (κ1) is 16.2. The molecule has 128 valence electrons. The Balaban J connectivity index is 1.52. The maximum atomic E-state index is 4.73. The number of benzene rings is 2. The number of anilines is 2. The van der Waals surface area contributed by atoms with Crippen LogP contribution in [0.3, 0.4) is 0 Å². The Labute approximate surface area is 153 Å². The first-order valence-corrected chi connectivity index (χ1v) is 9.61. The Kier molecular flexibility index (Phi) is 4.45. The number of hydrogen-bond donors (Lipinski definition) is 1. The maximum absolute atomic E-state index is 4.73. The van der Waals surface area contributed by atoms with Gasteiger partial charge in [-0.15, -0.1) is 11.3 Å². The van der Waals surface area contributed by atoms with Crippen molar-refractivity contribution < 1.29 is 0 Å². The summed E-state index contributed by atoms with van der Waals surface area (Å²) in [5, 5.41) is 4.31. The minimum absolute atomic E-state index is 0.370. The lowest BCUT2D eigenvalue weighted by atomic mass is 10.00. The lowest BCUT2D eigenvalue weighted by Gasteiger charge is -2.28. The third-order valence-electron chi connectivity index (χ3n) is 5.04. The van der Waals surface area contributed by atoms with E-state index in [1.807, 2.05) is 18.4 Å². The van der Waals surface area contributed by atoms with Crippen LogP contribution in [0.1, 0.15) is 34.4 Å². The highest BCUT2D eigenvalue weighted by molar-refractivity contribution is 7.15. The van der Waals surface area contributed by atoms with E-state index in [0.29, 0.717) is 5.92 Å². The molecule has 0 saturated heterocycles. The van der Waals surface area contributed by atoms with E-state index < -0.39 is 0 Å². The van der Waals surface area contributed by atoms with Gasteiger partial charge in [0.05, 0.1) is 0 Å². The van der Waals surface area contributed by atoms with Crippen LogP contribution in [0, 0.1) is 0 Å². The van der Waals surface area contributed by atoms with Crippen molar-refractivity contribution in [1.29, 1.82) is 0 Å². The van der Waals surface area contributed by atoms with E-state index in [0.717, 1.165) is 30.3 Å². The SMILES string of the molecule is CNc1ccc(C(C)c2cnc(N3CCc4ccccc4C3)s2)cc1. The van der Waals surface area contributed by atoms with Gasteiger partial charge in [-0.2, -0.15) is 0 Å². The van der Waals surface area contributed by atoms with E-state index in [2.05, 4.69) is 71.9 Å². The number of fused-ring (bicyclic) bond motifs is 1. The van der Waals surface area contributed by atoms with Crippen molar-refractivity contribution in [2.45, 2.75) is 25.8 Å². The highest BCUT2D eigenvalue weighted by Crippen LogP contribution is 2.34. The second-order valence-electron chi connectivity index (χ2n) is 6.58. The van der Waals surface area contributed by atoms with Crippen LogP contribution in [-0.4, -0.2) is 18.6 Å². The lowest BCUT2D eigenvalue weighted by molar-refractivity contribution is 0.729. The highest BCUT2D eigenvalue weighted by Gasteiger charge is 2.20. The maximum Gasteiger partial charge on any atom is 0.185 e. The molecule has 1 N–H and O–H groups in total. The van der Waals surface area contributed by atoms with Crippen LogP contribution in [0.5, 0.6) is 0 Å². The monoisotopic (exact) mass is 349 g/mol. The fourth-order valence-corrected chi connectivity index (χ4v) is 4.40. The van der Waals surface area contributed by atoms with Gasteiger partial charge >= 0.3 is 0 Å². The summed E-state index contributed by atoms with van der Waals surface area (Å²) in [7, 11) is 1.95.